The quantitative estimate of drug-likeness (QED) is 0.218. The molecule has 0 saturated carbocycles. The number of hydrogen-bond acceptors (Lipinski definition) is 6. The number of unbranched alkanes of at least 4 members (excludes halogenated alkanes) is 1. The van der Waals surface area contributed by atoms with Crippen LogP contribution in [0.3, 0.4) is 0 Å². The number of rotatable bonds is 10. The summed E-state index contributed by atoms with van der Waals surface area (Å²) in [5.74, 6) is -3.55. The number of aliphatic hydroxyl groups is 2. The minimum atomic E-state index is -1.82. The Morgan fingerprint density at radius 1 is 0.933 bits per heavy atom. The number of carbonyl (C=O) groups is 2. The minimum Gasteiger partial charge on any atom is -0.473 e. The van der Waals surface area contributed by atoms with Gasteiger partial charge in [0.15, 0.2) is 0 Å². The summed E-state index contributed by atoms with van der Waals surface area (Å²) in [6.07, 6.45) is 4.67. The van der Waals surface area contributed by atoms with Gasteiger partial charge >= 0.3 is 11.9 Å². The van der Waals surface area contributed by atoms with E-state index >= 15 is 0 Å². The van der Waals surface area contributed by atoms with E-state index in [9.17, 15) is 10.2 Å². The molecule has 1 aromatic heterocycles. The van der Waals surface area contributed by atoms with Crippen molar-refractivity contribution in [2.45, 2.75) is 57.8 Å². The number of aryl methyl sites for hydroxylation is 2. The summed E-state index contributed by atoms with van der Waals surface area (Å²) < 4.78 is 0. The second kappa shape index (κ2) is 13.9. The Morgan fingerprint density at radius 3 is 2.13 bits per heavy atom. The van der Waals surface area contributed by atoms with Gasteiger partial charge in [0.2, 0.25) is 0 Å². The lowest BCUT2D eigenvalue weighted by atomic mass is 10.0. The highest BCUT2D eigenvalue weighted by Gasteiger charge is 2.13. The first-order valence-corrected chi connectivity index (χ1v) is 10.7. The normalized spacial score (nSPS) is 13.6. The van der Waals surface area contributed by atoms with Gasteiger partial charge in [0, 0.05) is 9.75 Å². The van der Waals surface area contributed by atoms with Crippen molar-refractivity contribution < 1.29 is 30.0 Å². The average Bonchev–Trinajstić information content (AvgIpc) is 3.19. The first-order valence-electron chi connectivity index (χ1n) is 9.91. The van der Waals surface area contributed by atoms with E-state index in [4.69, 9.17) is 25.5 Å². The van der Waals surface area contributed by atoms with Crippen LogP contribution in [-0.2, 0) is 22.4 Å². The molecule has 30 heavy (non-hydrogen) atoms. The maximum absolute atomic E-state index is 10.3. The van der Waals surface area contributed by atoms with Gasteiger partial charge in [-0.05, 0) is 55.7 Å². The molecular formula is C22H31NO6S. The number of nitrogens with two attached hydrogens (primary N) is 1. The SMILES string of the molecule is C[C@H](CCc1ccc(C(O)CCCCc2ccccc2)s1)C(N)O.O=C(O)C(=O)O. The van der Waals surface area contributed by atoms with Crippen LogP contribution >= 0.6 is 11.3 Å². The van der Waals surface area contributed by atoms with Crippen LogP contribution < -0.4 is 5.73 Å². The first-order chi connectivity index (χ1) is 14.2. The van der Waals surface area contributed by atoms with Gasteiger partial charge in [-0.25, -0.2) is 9.59 Å². The van der Waals surface area contributed by atoms with Crippen molar-refractivity contribution in [1.82, 2.24) is 0 Å². The van der Waals surface area contributed by atoms with Crippen LogP contribution in [0.5, 0.6) is 0 Å². The number of hydrogen-bond donors (Lipinski definition) is 5. The smallest absolute Gasteiger partial charge is 0.414 e. The van der Waals surface area contributed by atoms with Gasteiger partial charge in [0.1, 0.15) is 6.23 Å². The van der Waals surface area contributed by atoms with Gasteiger partial charge in [-0.2, -0.15) is 0 Å². The molecular weight excluding hydrogens is 406 g/mol. The van der Waals surface area contributed by atoms with E-state index in [1.165, 1.54) is 10.4 Å². The molecule has 0 saturated heterocycles. The van der Waals surface area contributed by atoms with Crippen LogP contribution in [0.25, 0.3) is 0 Å². The Hall–Kier alpha value is -2.26. The van der Waals surface area contributed by atoms with Crippen molar-refractivity contribution in [2.24, 2.45) is 11.7 Å². The van der Waals surface area contributed by atoms with Crippen molar-refractivity contribution >= 4 is 23.3 Å². The average molecular weight is 438 g/mol. The Bertz CT molecular complexity index is 750. The molecule has 0 fully saturated rings. The van der Waals surface area contributed by atoms with Gasteiger partial charge in [0.05, 0.1) is 6.10 Å². The molecule has 3 atom stereocenters. The van der Waals surface area contributed by atoms with Crippen molar-refractivity contribution in [1.29, 1.82) is 0 Å². The van der Waals surface area contributed by atoms with E-state index < -0.39 is 18.2 Å². The van der Waals surface area contributed by atoms with Crippen LogP contribution in [0.2, 0.25) is 0 Å². The summed E-state index contributed by atoms with van der Waals surface area (Å²) in [6, 6.07) is 14.6. The summed E-state index contributed by atoms with van der Waals surface area (Å²) in [5, 5.41) is 34.5. The summed E-state index contributed by atoms with van der Waals surface area (Å²) >= 11 is 1.68. The van der Waals surface area contributed by atoms with E-state index in [-0.39, 0.29) is 12.0 Å². The Labute approximate surface area is 180 Å². The van der Waals surface area contributed by atoms with Gasteiger partial charge in [-0.15, -0.1) is 11.3 Å². The summed E-state index contributed by atoms with van der Waals surface area (Å²) in [5.41, 5.74) is 6.85. The van der Waals surface area contributed by atoms with Crippen LogP contribution in [0.1, 0.15) is 54.0 Å². The topological polar surface area (TPSA) is 141 Å². The van der Waals surface area contributed by atoms with Gasteiger partial charge in [-0.3, -0.25) is 0 Å². The third-order valence-corrected chi connectivity index (χ3v) is 5.91. The molecule has 0 amide bonds. The number of benzene rings is 1. The van der Waals surface area contributed by atoms with E-state index in [2.05, 4.69) is 30.3 Å². The van der Waals surface area contributed by atoms with E-state index in [1.807, 2.05) is 19.1 Å². The summed E-state index contributed by atoms with van der Waals surface area (Å²) in [6.45, 7) is 1.96. The van der Waals surface area contributed by atoms with Gasteiger partial charge in [0.25, 0.3) is 0 Å². The Morgan fingerprint density at radius 2 is 1.57 bits per heavy atom. The standard InChI is InChI=1S/C20H29NO2S.C2H2O4/c1-15(20(21)23)11-12-17-13-14-19(24-17)18(22)10-6-5-9-16-7-3-2-4-8-16;3-1(4)2(5)6/h2-4,7-8,13-15,18,20,22-23H,5-6,9-12,21H2,1H3;(H,3,4)(H,5,6)/t15-,18?,20?;/m1./s1. The zero-order valence-corrected chi connectivity index (χ0v) is 17.9. The molecule has 6 N–H and O–H groups in total. The van der Waals surface area contributed by atoms with Crippen LogP contribution in [-0.4, -0.2) is 38.6 Å². The van der Waals surface area contributed by atoms with Gasteiger partial charge < -0.3 is 26.2 Å². The fraction of sp³-hybridized carbons (Fsp3) is 0.455. The highest BCUT2D eigenvalue weighted by Crippen LogP contribution is 2.28. The van der Waals surface area contributed by atoms with Gasteiger partial charge in [-0.1, -0.05) is 43.7 Å². The second-order valence-electron chi connectivity index (χ2n) is 7.17. The molecule has 0 aliphatic rings. The van der Waals surface area contributed by atoms with E-state index in [1.54, 1.807) is 11.3 Å². The van der Waals surface area contributed by atoms with Crippen LogP contribution in [0.15, 0.2) is 42.5 Å². The number of aliphatic carboxylic acids is 2. The molecule has 0 radical (unpaired) electrons. The number of carboxylic acids is 2. The molecule has 166 valence electrons. The molecule has 2 unspecified atom stereocenters. The molecule has 0 spiro atoms. The fourth-order valence-electron chi connectivity index (χ4n) is 2.70. The van der Waals surface area contributed by atoms with Crippen molar-refractivity contribution in [2.75, 3.05) is 0 Å². The molecule has 0 aliphatic carbocycles. The maximum atomic E-state index is 10.3. The maximum Gasteiger partial charge on any atom is 0.414 e. The molecule has 8 heteroatoms. The molecule has 0 bridgehead atoms. The zero-order valence-electron chi connectivity index (χ0n) is 17.1. The number of carboxylic acid groups (broad SMARTS) is 2. The lowest BCUT2D eigenvalue weighted by Gasteiger charge is -2.13. The van der Waals surface area contributed by atoms with Crippen molar-refractivity contribution in [3.8, 4) is 0 Å². The second-order valence-corrected chi connectivity index (χ2v) is 8.37. The van der Waals surface area contributed by atoms with Crippen LogP contribution in [0.4, 0.5) is 0 Å². The first kappa shape index (κ1) is 25.8. The predicted molar refractivity (Wildman–Crippen MR) is 116 cm³/mol. The van der Waals surface area contributed by atoms with E-state index in [0.29, 0.717) is 0 Å². The predicted octanol–water partition coefficient (Wildman–Crippen LogP) is 3.20. The molecule has 2 aromatic rings. The fourth-order valence-corrected chi connectivity index (χ4v) is 3.75. The highest BCUT2D eigenvalue weighted by atomic mass is 32.1. The van der Waals surface area contributed by atoms with Crippen molar-refractivity contribution in [3.05, 3.63) is 57.8 Å². The van der Waals surface area contributed by atoms with Crippen LogP contribution in [0, 0.1) is 5.92 Å². The van der Waals surface area contributed by atoms with E-state index in [0.717, 1.165) is 43.4 Å². The molecule has 1 heterocycles. The minimum absolute atomic E-state index is 0.0958. The molecule has 0 aliphatic heterocycles. The Kier molecular flexibility index (Phi) is 11.9. The zero-order chi connectivity index (χ0) is 22.5. The van der Waals surface area contributed by atoms with Crippen molar-refractivity contribution in [3.63, 3.8) is 0 Å². The number of aliphatic hydroxyl groups excluding tert-OH is 2. The lowest BCUT2D eigenvalue weighted by molar-refractivity contribution is -0.159. The monoisotopic (exact) mass is 437 g/mol. The Balaban J connectivity index is 0.000000656. The third kappa shape index (κ3) is 10.5. The highest BCUT2D eigenvalue weighted by molar-refractivity contribution is 7.12. The molecule has 2 rings (SSSR count). The molecule has 7 nitrogen and oxygen atoms in total. The molecule has 1 aromatic carbocycles. The largest absolute Gasteiger partial charge is 0.473 e. The lowest BCUT2D eigenvalue weighted by Crippen LogP contribution is -2.27. The number of thiophene rings is 1. The summed E-state index contributed by atoms with van der Waals surface area (Å²) in [4.78, 5) is 20.5. The third-order valence-electron chi connectivity index (χ3n) is 4.66. The summed E-state index contributed by atoms with van der Waals surface area (Å²) in [7, 11) is 0.